The number of rotatable bonds is 3. The van der Waals surface area contributed by atoms with Gasteiger partial charge in [0.2, 0.25) is 5.91 Å². The first-order chi connectivity index (χ1) is 8.96. The number of amides is 1. The first-order valence-electron chi connectivity index (χ1n) is 6.50. The summed E-state index contributed by atoms with van der Waals surface area (Å²) in [5, 5.41) is 2.82. The number of hydrogen-bond acceptors (Lipinski definition) is 3. The second kappa shape index (κ2) is 5.74. The van der Waals surface area contributed by atoms with Gasteiger partial charge in [0.25, 0.3) is 0 Å². The third-order valence-corrected chi connectivity index (χ3v) is 5.24. The van der Waals surface area contributed by atoms with Gasteiger partial charge in [-0.15, -0.1) is 0 Å². The minimum absolute atomic E-state index is 0.00721. The molecule has 1 atom stereocenters. The Morgan fingerprint density at radius 3 is 2.63 bits per heavy atom. The van der Waals surface area contributed by atoms with E-state index >= 15 is 0 Å². The lowest BCUT2D eigenvalue weighted by atomic mass is 10.0. The Balaban J connectivity index is 1.89. The first-order valence-corrected chi connectivity index (χ1v) is 8.32. The average molecular weight is 281 g/mol. The number of nitrogens with one attached hydrogen (secondary N) is 1. The van der Waals surface area contributed by atoms with Crippen LogP contribution in [-0.4, -0.2) is 25.8 Å². The molecule has 0 saturated carbocycles. The number of sulfone groups is 1. The maximum atomic E-state index is 12.0. The van der Waals surface area contributed by atoms with Crippen LogP contribution in [0.4, 0.5) is 0 Å². The topological polar surface area (TPSA) is 63.2 Å². The second-order valence-electron chi connectivity index (χ2n) is 5.16. The van der Waals surface area contributed by atoms with Gasteiger partial charge in [0.15, 0.2) is 9.84 Å². The maximum absolute atomic E-state index is 12.0. The highest BCUT2D eigenvalue weighted by atomic mass is 32.2. The molecular formula is C14H19NO3S. The van der Waals surface area contributed by atoms with E-state index < -0.39 is 9.84 Å². The van der Waals surface area contributed by atoms with Gasteiger partial charge in [-0.25, -0.2) is 8.42 Å². The predicted octanol–water partition coefficient (Wildman–Crippen LogP) is 1.44. The Hall–Kier alpha value is -1.36. The lowest BCUT2D eigenvalue weighted by Crippen LogP contribution is -2.37. The van der Waals surface area contributed by atoms with Crippen molar-refractivity contribution < 1.29 is 13.2 Å². The summed E-state index contributed by atoms with van der Waals surface area (Å²) in [6.45, 7) is 2.46. The van der Waals surface area contributed by atoms with Gasteiger partial charge < -0.3 is 5.32 Å². The van der Waals surface area contributed by atoms with Crippen molar-refractivity contribution in [1.29, 1.82) is 0 Å². The summed E-state index contributed by atoms with van der Waals surface area (Å²) in [7, 11) is -3.03. The largest absolute Gasteiger partial charge is 0.352 e. The summed E-state index contributed by atoms with van der Waals surface area (Å²) >= 11 is 0. The van der Waals surface area contributed by atoms with Crippen molar-refractivity contribution in [1.82, 2.24) is 5.32 Å². The molecule has 1 aliphatic rings. The molecule has 1 unspecified atom stereocenters. The SMILES string of the molecule is Cc1ccc(CNC(=O)C2CCCS(=O)(=O)C2)cc1. The van der Waals surface area contributed by atoms with Crippen LogP contribution in [-0.2, 0) is 21.2 Å². The highest BCUT2D eigenvalue weighted by Crippen LogP contribution is 2.18. The van der Waals surface area contributed by atoms with Crippen molar-refractivity contribution in [3.05, 3.63) is 35.4 Å². The highest BCUT2D eigenvalue weighted by Gasteiger charge is 2.29. The fourth-order valence-electron chi connectivity index (χ4n) is 2.27. The Labute approximate surface area is 114 Å². The van der Waals surface area contributed by atoms with Gasteiger partial charge in [-0.05, 0) is 25.3 Å². The summed E-state index contributed by atoms with van der Waals surface area (Å²) in [5.41, 5.74) is 2.20. The molecule has 0 bridgehead atoms. The van der Waals surface area contributed by atoms with Crippen LogP contribution >= 0.6 is 0 Å². The summed E-state index contributed by atoms with van der Waals surface area (Å²) < 4.78 is 23.0. The first kappa shape index (κ1) is 14.1. The summed E-state index contributed by atoms with van der Waals surface area (Å²) in [6.07, 6.45) is 1.25. The third-order valence-electron chi connectivity index (χ3n) is 3.42. The molecule has 1 aromatic carbocycles. The van der Waals surface area contributed by atoms with Crippen LogP contribution in [0.5, 0.6) is 0 Å². The molecule has 0 radical (unpaired) electrons. The lowest BCUT2D eigenvalue weighted by Gasteiger charge is -2.21. The fourth-order valence-corrected chi connectivity index (χ4v) is 3.97. The van der Waals surface area contributed by atoms with Crippen molar-refractivity contribution in [3.63, 3.8) is 0 Å². The molecule has 104 valence electrons. The lowest BCUT2D eigenvalue weighted by molar-refractivity contribution is -0.124. The van der Waals surface area contributed by atoms with Crippen molar-refractivity contribution >= 4 is 15.7 Å². The van der Waals surface area contributed by atoms with E-state index in [0.29, 0.717) is 19.4 Å². The normalized spacial score (nSPS) is 21.8. The molecule has 1 N–H and O–H groups in total. The monoisotopic (exact) mass is 281 g/mol. The smallest absolute Gasteiger partial charge is 0.224 e. The zero-order chi connectivity index (χ0) is 13.9. The van der Waals surface area contributed by atoms with Crippen LogP contribution in [0.25, 0.3) is 0 Å². The number of hydrogen-bond donors (Lipinski definition) is 1. The van der Waals surface area contributed by atoms with E-state index in [2.05, 4.69) is 5.32 Å². The van der Waals surface area contributed by atoms with E-state index in [9.17, 15) is 13.2 Å². The Kier molecular flexibility index (Phi) is 4.24. The zero-order valence-electron chi connectivity index (χ0n) is 11.1. The third kappa shape index (κ3) is 4.06. The average Bonchev–Trinajstić information content (AvgIpc) is 2.36. The van der Waals surface area contributed by atoms with Gasteiger partial charge in [-0.3, -0.25) is 4.79 Å². The standard InChI is InChI=1S/C14H19NO3S/c1-11-4-6-12(7-5-11)9-15-14(16)13-3-2-8-19(17,18)10-13/h4-7,13H,2-3,8-10H2,1H3,(H,15,16). The fraction of sp³-hybridized carbons (Fsp3) is 0.500. The van der Waals surface area contributed by atoms with E-state index in [1.54, 1.807) is 0 Å². The molecule has 1 amide bonds. The van der Waals surface area contributed by atoms with E-state index in [0.717, 1.165) is 5.56 Å². The van der Waals surface area contributed by atoms with Gasteiger partial charge in [0.05, 0.1) is 17.4 Å². The summed E-state index contributed by atoms with van der Waals surface area (Å²) in [6, 6.07) is 7.92. The Bertz CT molecular complexity index is 549. The maximum Gasteiger partial charge on any atom is 0.224 e. The molecule has 1 aliphatic heterocycles. The van der Waals surface area contributed by atoms with Crippen LogP contribution in [0.15, 0.2) is 24.3 Å². The summed E-state index contributed by atoms with van der Waals surface area (Å²) in [5.74, 6) is -0.324. The molecule has 1 fully saturated rings. The number of carbonyl (C=O) groups is 1. The van der Waals surface area contributed by atoms with E-state index in [-0.39, 0.29) is 23.3 Å². The molecule has 5 heteroatoms. The minimum atomic E-state index is -3.03. The molecule has 1 saturated heterocycles. The predicted molar refractivity (Wildman–Crippen MR) is 74.4 cm³/mol. The molecule has 4 nitrogen and oxygen atoms in total. The molecule has 1 aromatic rings. The number of carbonyl (C=O) groups excluding carboxylic acids is 1. The van der Waals surface area contributed by atoms with Crippen LogP contribution in [0.1, 0.15) is 24.0 Å². The van der Waals surface area contributed by atoms with Gasteiger partial charge >= 0.3 is 0 Å². The van der Waals surface area contributed by atoms with Gasteiger partial charge in [0, 0.05) is 6.54 Å². The van der Waals surface area contributed by atoms with Crippen LogP contribution in [0.3, 0.4) is 0 Å². The van der Waals surface area contributed by atoms with E-state index in [1.165, 1.54) is 5.56 Å². The van der Waals surface area contributed by atoms with Crippen LogP contribution < -0.4 is 5.32 Å². The molecule has 1 heterocycles. The molecule has 0 aliphatic carbocycles. The molecular weight excluding hydrogens is 262 g/mol. The van der Waals surface area contributed by atoms with Gasteiger partial charge in [-0.2, -0.15) is 0 Å². The van der Waals surface area contributed by atoms with Gasteiger partial charge in [0.1, 0.15) is 0 Å². The van der Waals surface area contributed by atoms with Gasteiger partial charge in [-0.1, -0.05) is 29.8 Å². The highest BCUT2D eigenvalue weighted by molar-refractivity contribution is 7.91. The zero-order valence-corrected chi connectivity index (χ0v) is 11.9. The molecule has 2 rings (SSSR count). The molecule has 19 heavy (non-hydrogen) atoms. The number of benzene rings is 1. The van der Waals surface area contributed by atoms with Crippen LogP contribution in [0.2, 0.25) is 0 Å². The van der Waals surface area contributed by atoms with E-state index in [1.807, 2.05) is 31.2 Å². The minimum Gasteiger partial charge on any atom is -0.352 e. The summed E-state index contributed by atoms with van der Waals surface area (Å²) in [4.78, 5) is 12.0. The van der Waals surface area contributed by atoms with Crippen molar-refractivity contribution in [2.75, 3.05) is 11.5 Å². The molecule has 0 spiro atoms. The molecule has 0 aromatic heterocycles. The Morgan fingerprint density at radius 1 is 1.32 bits per heavy atom. The van der Waals surface area contributed by atoms with Crippen molar-refractivity contribution in [3.8, 4) is 0 Å². The number of aryl methyl sites for hydroxylation is 1. The van der Waals surface area contributed by atoms with Crippen LogP contribution in [0, 0.1) is 12.8 Å². The second-order valence-corrected chi connectivity index (χ2v) is 7.39. The Morgan fingerprint density at radius 2 is 2.00 bits per heavy atom. The quantitative estimate of drug-likeness (QED) is 0.911. The van der Waals surface area contributed by atoms with Crippen molar-refractivity contribution in [2.24, 2.45) is 5.92 Å². The van der Waals surface area contributed by atoms with E-state index in [4.69, 9.17) is 0 Å². The van der Waals surface area contributed by atoms with Crippen molar-refractivity contribution in [2.45, 2.75) is 26.3 Å².